The van der Waals surface area contributed by atoms with Gasteiger partial charge in [0.05, 0.1) is 23.1 Å². The van der Waals surface area contributed by atoms with Crippen LogP contribution in [0.4, 0.5) is 16.2 Å². The molecule has 1 aromatic carbocycles. The number of primary amides is 1. The summed E-state index contributed by atoms with van der Waals surface area (Å²) in [6, 6.07) is 8.59. The van der Waals surface area contributed by atoms with Crippen LogP contribution >= 0.6 is 0 Å². The highest BCUT2D eigenvalue weighted by molar-refractivity contribution is 6.04. The summed E-state index contributed by atoms with van der Waals surface area (Å²) in [4.78, 5) is 41.7. The molecular formula is C19H21N5O4. The molecule has 1 aliphatic rings. The first-order valence-electron chi connectivity index (χ1n) is 8.79. The average molecular weight is 383 g/mol. The van der Waals surface area contributed by atoms with Gasteiger partial charge in [0, 0.05) is 12.7 Å². The molecule has 0 saturated carbocycles. The lowest BCUT2D eigenvalue weighted by Crippen LogP contribution is -2.43. The number of nitrogen functional groups attached to an aromatic ring is 1. The Kier molecular flexibility index (Phi) is 5.73. The number of aromatic nitrogens is 1. The highest BCUT2D eigenvalue weighted by Crippen LogP contribution is 2.24. The van der Waals surface area contributed by atoms with Gasteiger partial charge in [-0.3, -0.25) is 19.5 Å². The molecule has 2 heterocycles. The van der Waals surface area contributed by atoms with E-state index < -0.39 is 23.9 Å². The number of amides is 3. The lowest BCUT2D eigenvalue weighted by atomic mass is 10.1. The van der Waals surface area contributed by atoms with Gasteiger partial charge in [0.15, 0.2) is 0 Å². The number of nitrogens with two attached hydrogens (primary N) is 2. The van der Waals surface area contributed by atoms with Crippen LogP contribution in [0.3, 0.4) is 0 Å². The summed E-state index contributed by atoms with van der Waals surface area (Å²) in [5, 5.41) is 2.62. The topological polar surface area (TPSA) is 141 Å². The zero-order chi connectivity index (χ0) is 20.1. The van der Waals surface area contributed by atoms with E-state index >= 15 is 0 Å². The largest absolute Gasteiger partial charge is 0.445 e. The van der Waals surface area contributed by atoms with Gasteiger partial charge < -0.3 is 21.5 Å². The molecule has 2 aromatic rings. The number of ether oxygens (including phenoxy) is 1. The minimum absolute atomic E-state index is 0.0170. The van der Waals surface area contributed by atoms with E-state index in [0.717, 1.165) is 5.56 Å². The SMILES string of the molecule is NC(=O)c1cncc(NC(=O)C2CCCN2C(=O)OCc2ccccc2)c1N. The monoisotopic (exact) mass is 383 g/mol. The fourth-order valence-electron chi connectivity index (χ4n) is 3.04. The predicted octanol–water partition coefficient (Wildman–Crippen LogP) is 1.50. The Morgan fingerprint density at radius 2 is 1.96 bits per heavy atom. The number of nitrogens with one attached hydrogen (secondary N) is 1. The summed E-state index contributed by atoms with van der Waals surface area (Å²) in [5.74, 6) is -1.17. The second kappa shape index (κ2) is 8.38. The number of hydrogen-bond donors (Lipinski definition) is 3. The minimum atomic E-state index is -0.743. The molecule has 3 rings (SSSR count). The zero-order valence-corrected chi connectivity index (χ0v) is 15.1. The highest BCUT2D eigenvalue weighted by Gasteiger charge is 2.35. The fraction of sp³-hybridized carbons (Fsp3) is 0.263. The second-order valence-corrected chi connectivity index (χ2v) is 6.39. The van der Waals surface area contributed by atoms with Crippen molar-refractivity contribution >= 4 is 29.3 Å². The predicted molar refractivity (Wildman–Crippen MR) is 102 cm³/mol. The van der Waals surface area contributed by atoms with Crippen LogP contribution in [0.25, 0.3) is 0 Å². The van der Waals surface area contributed by atoms with Gasteiger partial charge in [0.1, 0.15) is 12.6 Å². The van der Waals surface area contributed by atoms with Crippen molar-refractivity contribution in [2.45, 2.75) is 25.5 Å². The Bertz CT molecular complexity index is 887. The van der Waals surface area contributed by atoms with Crippen LogP contribution in [0.2, 0.25) is 0 Å². The van der Waals surface area contributed by atoms with E-state index in [1.165, 1.54) is 17.3 Å². The minimum Gasteiger partial charge on any atom is -0.445 e. The Hall–Kier alpha value is -3.62. The maximum absolute atomic E-state index is 12.7. The Morgan fingerprint density at radius 3 is 2.68 bits per heavy atom. The molecule has 0 spiro atoms. The van der Waals surface area contributed by atoms with Crippen LogP contribution in [-0.4, -0.2) is 40.4 Å². The Balaban J connectivity index is 1.65. The molecular weight excluding hydrogens is 362 g/mol. The van der Waals surface area contributed by atoms with E-state index in [9.17, 15) is 14.4 Å². The number of hydrogen-bond acceptors (Lipinski definition) is 6. The molecule has 1 unspecified atom stereocenters. The molecule has 3 amide bonds. The maximum Gasteiger partial charge on any atom is 0.410 e. The number of nitrogens with zero attached hydrogens (tertiary/aromatic N) is 2. The maximum atomic E-state index is 12.7. The molecule has 0 aliphatic carbocycles. The van der Waals surface area contributed by atoms with E-state index in [4.69, 9.17) is 16.2 Å². The lowest BCUT2D eigenvalue weighted by Gasteiger charge is -2.23. The Labute approximate surface area is 161 Å². The van der Waals surface area contributed by atoms with Gasteiger partial charge in [-0.15, -0.1) is 0 Å². The van der Waals surface area contributed by atoms with Crippen LogP contribution < -0.4 is 16.8 Å². The molecule has 1 atom stereocenters. The van der Waals surface area contributed by atoms with Crippen molar-refractivity contribution < 1.29 is 19.1 Å². The van der Waals surface area contributed by atoms with E-state index in [-0.39, 0.29) is 23.5 Å². The standard InChI is InChI=1S/C19H21N5O4/c20-16-13(17(21)25)9-22-10-14(16)23-18(26)15-7-4-8-24(15)19(27)28-11-12-5-2-1-3-6-12/h1-3,5-6,9-10,15H,4,7-8,11H2,(H2,20,22)(H2,21,25)(H,23,26). The van der Waals surface area contributed by atoms with E-state index in [0.29, 0.717) is 19.4 Å². The van der Waals surface area contributed by atoms with Crippen molar-refractivity contribution in [3.8, 4) is 0 Å². The Morgan fingerprint density at radius 1 is 1.21 bits per heavy atom. The van der Waals surface area contributed by atoms with Gasteiger partial charge in [-0.25, -0.2) is 4.79 Å². The number of anilines is 2. The lowest BCUT2D eigenvalue weighted by molar-refractivity contribution is -0.120. The third-order valence-corrected chi connectivity index (χ3v) is 4.51. The van der Waals surface area contributed by atoms with Crippen molar-refractivity contribution in [3.05, 3.63) is 53.9 Å². The van der Waals surface area contributed by atoms with Gasteiger partial charge in [-0.1, -0.05) is 30.3 Å². The first kappa shape index (κ1) is 19.2. The van der Waals surface area contributed by atoms with Crippen molar-refractivity contribution in [2.24, 2.45) is 5.73 Å². The quantitative estimate of drug-likeness (QED) is 0.714. The molecule has 5 N–H and O–H groups in total. The summed E-state index contributed by atoms with van der Waals surface area (Å²) in [7, 11) is 0. The van der Waals surface area contributed by atoms with Crippen molar-refractivity contribution in [3.63, 3.8) is 0 Å². The van der Waals surface area contributed by atoms with Gasteiger partial charge in [-0.05, 0) is 18.4 Å². The summed E-state index contributed by atoms with van der Waals surface area (Å²) >= 11 is 0. The third-order valence-electron chi connectivity index (χ3n) is 4.51. The van der Waals surface area contributed by atoms with Crippen molar-refractivity contribution in [1.29, 1.82) is 0 Å². The molecule has 1 saturated heterocycles. The van der Waals surface area contributed by atoms with Crippen LogP contribution in [0.1, 0.15) is 28.8 Å². The molecule has 0 radical (unpaired) electrons. The van der Waals surface area contributed by atoms with Crippen LogP contribution in [0, 0.1) is 0 Å². The van der Waals surface area contributed by atoms with Crippen molar-refractivity contribution in [2.75, 3.05) is 17.6 Å². The molecule has 9 heteroatoms. The zero-order valence-electron chi connectivity index (χ0n) is 15.1. The molecule has 9 nitrogen and oxygen atoms in total. The molecule has 28 heavy (non-hydrogen) atoms. The summed E-state index contributed by atoms with van der Waals surface area (Å²) in [5.41, 5.74) is 12.2. The molecule has 1 fully saturated rings. The van der Waals surface area contributed by atoms with Gasteiger partial charge in [-0.2, -0.15) is 0 Å². The number of pyridine rings is 1. The number of benzene rings is 1. The first-order chi connectivity index (χ1) is 13.5. The fourth-order valence-corrected chi connectivity index (χ4v) is 3.04. The van der Waals surface area contributed by atoms with E-state index in [1.807, 2.05) is 30.3 Å². The highest BCUT2D eigenvalue weighted by atomic mass is 16.6. The smallest absolute Gasteiger partial charge is 0.410 e. The van der Waals surface area contributed by atoms with Crippen LogP contribution in [0.5, 0.6) is 0 Å². The average Bonchev–Trinajstić information content (AvgIpc) is 3.18. The summed E-state index contributed by atoms with van der Waals surface area (Å²) in [6.07, 6.45) is 3.17. The van der Waals surface area contributed by atoms with Crippen molar-refractivity contribution in [1.82, 2.24) is 9.88 Å². The van der Waals surface area contributed by atoms with Crippen LogP contribution in [-0.2, 0) is 16.1 Å². The first-order valence-corrected chi connectivity index (χ1v) is 8.79. The molecule has 1 aromatic heterocycles. The second-order valence-electron chi connectivity index (χ2n) is 6.39. The summed E-state index contributed by atoms with van der Waals surface area (Å²) < 4.78 is 5.33. The normalized spacial score (nSPS) is 15.9. The number of likely N-dealkylation sites (tertiary alicyclic amines) is 1. The molecule has 146 valence electrons. The van der Waals surface area contributed by atoms with Gasteiger partial charge in [0.2, 0.25) is 5.91 Å². The third kappa shape index (κ3) is 4.20. The number of rotatable bonds is 5. The molecule has 1 aliphatic heterocycles. The van der Waals surface area contributed by atoms with E-state index in [1.54, 1.807) is 0 Å². The molecule has 0 bridgehead atoms. The number of carbonyl (C=O) groups excluding carboxylic acids is 3. The van der Waals surface area contributed by atoms with Gasteiger partial charge in [0.25, 0.3) is 5.91 Å². The van der Waals surface area contributed by atoms with Gasteiger partial charge >= 0.3 is 6.09 Å². The number of carbonyl (C=O) groups is 3. The van der Waals surface area contributed by atoms with Crippen LogP contribution in [0.15, 0.2) is 42.7 Å². The van der Waals surface area contributed by atoms with E-state index in [2.05, 4.69) is 10.3 Å². The summed E-state index contributed by atoms with van der Waals surface area (Å²) in [6.45, 7) is 0.544.